The van der Waals surface area contributed by atoms with E-state index in [1.54, 1.807) is 18.2 Å². The molecule has 194 valence electrons. The summed E-state index contributed by atoms with van der Waals surface area (Å²) in [5.41, 5.74) is 7.11. The third-order valence-corrected chi connectivity index (χ3v) is 6.06. The Bertz CT molecular complexity index is 1410. The maximum atomic E-state index is 13.3. The van der Waals surface area contributed by atoms with Crippen molar-refractivity contribution in [3.05, 3.63) is 108 Å². The number of fused-ring (bicyclic) bond motifs is 1. The van der Waals surface area contributed by atoms with Crippen molar-refractivity contribution in [1.29, 1.82) is 0 Å². The molecular formula is C30H29N3O5. The molecule has 0 aliphatic carbocycles. The van der Waals surface area contributed by atoms with Crippen LogP contribution in [-0.2, 0) is 27.2 Å². The number of phenols is 1. The Morgan fingerprint density at radius 1 is 0.737 bits per heavy atom. The van der Waals surface area contributed by atoms with E-state index in [0.717, 1.165) is 16.3 Å². The number of nitrogens with two attached hydrogens (primary N) is 1. The Morgan fingerprint density at radius 2 is 1.37 bits per heavy atom. The van der Waals surface area contributed by atoms with E-state index in [2.05, 4.69) is 10.6 Å². The highest BCUT2D eigenvalue weighted by molar-refractivity contribution is 5.92. The van der Waals surface area contributed by atoms with Crippen molar-refractivity contribution in [2.24, 2.45) is 5.73 Å². The van der Waals surface area contributed by atoms with Gasteiger partial charge in [-0.25, -0.2) is 0 Å². The van der Waals surface area contributed by atoms with Gasteiger partial charge in [0.1, 0.15) is 23.6 Å². The smallest absolute Gasteiger partial charge is 0.258 e. The number of ether oxygens (including phenoxy) is 1. The van der Waals surface area contributed by atoms with Gasteiger partial charge in [-0.3, -0.25) is 14.4 Å². The summed E-state index contributed by atoms with van der Waals surface area (Å²) in [7, 11) is 0. The number of carbonyl (C=O) groups excluding carboxylic acids is 3. The van der Waals surface area contributed by atoms with Crippen molar-refractivity contribution in [2.75, 3.05) is 6.61 Å². The molecule has 0 aliphatic rings. The molecule has 4 aromatic rings. The van der Waals surface area contributed by atoms with Gasteiger partial charge in [0.05, 0.1) is 0 Å². The van der Waals surface area contributed by atoms with Crippen molar-refractivity contribution in [3.8, 4) is 11.5 Å². The second-order valence-corrected chi connectivity index (χ2v) is 8.94. The molecule has 8 heteroatoms. The average Bonchev–Trinajstić information content (AvgIpc) is 2.92. The molecule has 4 rings (SSSR count). The van der Waals surface area contributed by atoms with Gasteiger partial charge >= 0.3 is 0 Å². The Labute approximate surface area is 220 Å². The van der Waals surface area contributed by atoms with Gasteiger partial charge in [0.15, 0.2) is 6.61 Å². The lowest BCUT2D eigenvalue weighted by molar-refractivity contribution is -0.132. The zero-order chi connectivity index (χ0) is 26.9. The van der Waals surface area contributed by atoms with Crippen LogP contribution >= 0.6 is 0 Å². The maximum absolute atomic E-state index is 13.3. The lowest BCUT2D eigenvalue weighted by Gasteiger charge is -2.22. The molecule has 0 spiro atoms. The normalized spacial score (nSPS) is 12.3. The van der Waals surface area contributed by atoms with Crippen molar-refractivity contribution in [2.45, 2.75) is 24.9 Å². The first-order valence-corrected chi connectivity index (χ1v) is 12.2. The molecule has 0 heterocycles. The zero-order valence-electron chi connectivity index (χ0n) is 20.7. The monoisotopic (exact) mass is 511 g/mol. The fourth-order valence-electron chi connectivity index (χ4n) is 4.06. The highest BCUT2D eigenvalue weighted by Crippen LogP contribution is 2.20. The molecule has 3 amide bonds. The van der Waals surface area contributed by atoms with Crippen molar-refractivity contribution >= 4 is 28.5 Å². The van der Waals surface area contributed by atoms with Crippen LogP contribution in [0.25, 0.3) is 10.8 Å². The SMILES string of the molecule is NC(=O)[C@H](Cc1ccccc1)NC(=O)[C@H](Cc1ccc(O)cc1)NC(=O)COc1ccc2ccccc2c1. The molecule has 0 unspecified atom stereocenters. The minimum Gasteiger partial charge on any atom is -0.508 e. The lowest BCUT2D eigenvalue weighted by atomic mass is 10.0. The molecule has 0 aromatic heterocycles. The fourth-order valence-corrected chi connectivity index (χ4v) is 4.06. The molecule has 0 aliphatic heterocycles. The Morgan fingerprint density at radius 3 is 2.08 bits per heavy atom. The maximum Gasteiger partial charge on any atom is 0.258 e. The van der Waals surface area contributed by atoms with Crippen molar-refractivity contribution < 1.29 is 24.2 Å². The van der Waals surface area contributed by atoms with E-state index in [1.807, 2.05) is 66.7 Å². The molecule has 2 atom stereocenters. The molecule has 4 aromatic carbocycles. The van der Waals surface area contributed by atoms with Crippen LogP contribution in [0.3, 0.4) is 0 Å². The van der Waals surface area contributed by atoms with Crippen LogP contribution in [0.15, 0.2) is 97.1 Å². The number of benzene rings is 4. The van der Waals surface area contributed by atoms with Crippen molar-refractivity contribution in [1.82, 2.24) is 10.6 Å². The van der Waals surface area contributed by atoms with Gasteiger partial charge in [-0.2, -0.15) is 0 Å². The van der Waals surface area contributed by atoms with Gasteiger partial charge in [0.25, 0.3) is 5.91 Å². The largest absolute Gasteiger partial charge is 0.508 e. The number of hydrogen-bond donors (Lipinski definition) is 4. The number of carbonyl (C=O) groups is 3. The molecule has 38 heavy (non-hydrogen) atoms. The zero-order valence-corrected chi connectivity index (χ0v) is 20.7. The summed E-state index contributed by atoms with van der Waals surface area (Å²) in [5.74, 6) is -1.14. The van der Waals surface area contributed by atoms with E-state index in [-0.39, 0.29) is 25.2 Å². The number of aromatic hydroxyl groups is 1. The minimum atomic E-state index is -1.01. The minimum absolute atomic E-state index is 0.0826. The first-order chi connectivity index (χ1) is 18.4. The number of phenolic OH excluding ortho intramolecular Hbond substituents is 1. The summed E-state index contributed by atoms with van der Waals surface area (Å²) in [5, 5.41) is 17.0. The predicted octanol–water partition coefficient (Wildman–Crippen LogP) is 2.86. The lowest BCUT2D eigenvalue weighted by Crippen LogP contribution is -2.54. The second kappa shape index (κ2) is 12.4. The summed E-state index contributed by atoms with van der Waals surface area (Å²) in [6.07, 6.45) is 0.345. The van der Waals surface area contributed by atoms with Gasteiger partial charge < -0.3 is 26.2 Å². The Hall–Kier alpha value is -4.85. The van der Waals surface area contributed by atoms with E-state index in [0.29, 0.717) is 11.3 Å². The predicted molar refractivity (Wildman–Crippen MR) is 144 cm³/mol. The van der Waals surface area contributed by atoms with Gasteiger partial charge in [0.2, 0.25) is 11.8 Å². The van der Waals surface area contributed by atoms with Crippen molar-refractivity contribution in [3.63, 3.8) is 0 Å². The molecular weight excluding hydrogens is 482 g/mol. The second-order valence-electron chi connectivity index (χ2n) is 8.94. The molecule has 8 nitrogen and oxygen atoms in total. The highest BCUT2D eigenvalue weighted by atomic mass is 16.5. The van der Waals surface area contributed by atoms with E-state index >= 15 is 0 Å². The van der Waals surface area contributed by atoms with E-state index in [1.165, 1.54) is 12.1 Å². The van der Waals surface area contributed by atoms with E-state index in [4.69, 9.17) is 10.5 Å². The third kappa shape index (κ3) is 7.33. The molecule has 0 saturated heterocycles. The van der Waals surface area contributed by atoms with Crippen LogP contribution in [0.4, 0.5) is 0 Å². The summed E-state index contributed by atoms with van der Waals surface area (Å²) in [4.78, 5) is 38.2. The number of nitrogens with one attached hydrogen (secondary N) is 2. The standard InChI is InChI=1S/C30H29N3O5/c31-29(36)26(16-20-6-2-1-3-7-20)33-30(37)27(17-21-10-13-24(34)14-11-21)32-28(35)19-38-25-15-12-22-8-4-5-9-23(22)18-25/h1-15,18,26-27,34H,16-17,19H2,(H2,31,36)(H,32,35)(H,33,37)/t26-,27-/m0/s1. The summed E-state index contributed by atoms with van der Waals surface area (Å²) in [6.45, 7) is -0.305. The first kappa shape index (κ1) is 26.2. The molecule has 0 saturated carbocycles. The topological polar surface area (TPSA) is 131 Å². The molecule has 5 N–H and O–H groups in total. The van der Waals surface area contributed by atoms with Gasteiger partial charge in [-0.15, -0.1) is 0 Å². The number of rotatable bonds is 11. The van der Waals surface area contributed by atoms with E-state index in [9.17, 15) is 19.5 Å². The van der Waals surface area contributed by atoms with Gasteiger partial charge in [-0.1, -0.05) is 72.8 Å². The highest BCUT2D eigenvalue weighted by Gasteiger charge is 2.26. The van der Waals surface area contributed by atoms with Gasteiger partial charge in [0, 0.05) is 12.8 Å². The average molecular weight is 512 g/mol. The third-order valence-electron chi connectivity index (χ3n) is 6.06. The van der Waals surface area contributed by atoms with Crippen LogP contribution in [0.2, 0.25) is 0 Å². The quantitative estimate of drug-likeness (QED) is 0.246. The summed E-state index contributed by atoms with van der Waals surface area (Å²) < 4.78 is 5.67. The van der Waals surface area contributed by atoms with Crippen LogP contribution in [-0.4, -0.2) is 41.5 Å². The van der Waals surface area contributed by atoms with Crippen LogP contribution in [0, 0.1) is 0 Å². The fraction of sp³-hybridized carbons (Fsp3) is 0.167. The Balaban J connectivity index is 1.44. The number of hydrogen-bond acceptors (Lipinski definition) is 5. The Kier molecular flexibility index (Phi) is 8.56. The van der Waals surface area contributed by atoms with Crippen LogP contribution in [0.1, 0.15) is 11.1 Å². The van der Waals surface area contributed by atoms with Crippen LogP contribution < -0.4 is 21.1 Å². The number of amides is 3. The van der Waals surface area contributed by atoms with Crippen LogP contribution in [0.5, 0.6) is 11.5 Å². The first-order valence-electron chi connectivity index (χ1n) is 12.2. The van der Waals surface area contributed by atoms with E-state index < -0.39 is 29.8 Å². The molecule has 0 radical (unpaired) electrons. The van der Waals surface area contributed by atoms with Gasteiger partial charge in [-0.05, 0) is 46.2 Å². The number of primary amides is 1. The molecule has 0 bridgehead atoms. The molecule has 0 fully saturated rings. The summed E-state index contributed by atoms with van der Waals surface area (Å²) in [6, 6.07) is 26.8. The summed E-state index contributed by atoms with van der Waals surface area (Å²) >= 11 is 0.